The average molecular weight is 386 g/mol. The number of hydrogen-bond acceptors (Lipinski definition) is 5. The van der Waals surface area contributed by atoms with Crippen molar-refractivity contribution in [1.82, 2.24) is 15.2 Å². The third-order valence-electron chi connectivity index (χ3n) is 3.85. The first-order valence-corrected chi connectivity index (χ1v) is 9.23. The summed E-state index contributed by atoms with van der Waals surface area (Å²) < 4.78 is 18.6. The lowest BCUT2D eigenvalue weighted by atomic mass is 10.1. The van der Waals surface area contributed by atoms with Crippen molar-refractivity contribution in [3.8, 4) is 11.5 Å². The summed E-state index contributed by atoms with van der Waals surface area (Å²) in [6, 6.07) is 14.0. The van der Waals surface area contributed by atoms with Gasteiger partial charge in [-0.2, -0.15) is 0 Å². The smallest absolute Gasteiger partial charge is 0.277 e. The minimum absolute atomic E-state index is 0.309. The van der Waals surface area contributed by atoms with Gasteiger partial charge in [0.2, 0.25) is 5.89 Å². The fourth-order valence-corrected chi connectivity index (χ4v) is 3.54. The van der Waals surface area contributed by atoms with E-state index in [2.05, 4.69) is 15.2 Å². The normalized spacial score (nSPS) is 11.2. The maximum atomic E-state index is 13.0. The van der Waals surface area contributed by atoms with Crippen LogP contribution in [-0.4, -0.2) is 15.2 Å². The highest BCUT2D eigenvalue weighted by Gasteiger charge is 2.12. The van der Waals surface area contributed by atoms with E-state index in [1.165, 1.54) is 23.9 Å². The van der Waals surface area contributed by atoms with Crippen molar-refractivity contribution < 1.29 is 8.81 Å². The van der Waals surface area contributed by atoms with Crippen LogP contribution in [0.4, 0.5) is 4.39 Å². The summed E-state index contributed by atoms with van der Waals surface area (Å²) in [6.45, 7) is 2.02. The number of rotatable bonds is 4. The van der Waals surface area contributed by atoms with Gasteiger partial charge in [-0.1, -0.05) is 35.5 Å². The highest BCUT2D eigenvalue weighted by Crippen LogP contribution is 2.29. The number of benzene rings is 2. The summed E-state index contributed by atoms with van der Waals surface area (Å²) in [4.78, 5) is 4.46. The molecule has 130 valence electrons. The molecule has 2 heterocycles. The Morgan fingerprint density at radius 1 is 1.08 bits per heavy atom. The molecular formula is C19H13ClFN3OS. The van der Waals surface area contributed by atoms with Crippen molar-refractivity contribution >= 4 is 34.3 Å². The third-order valence-corrected chi connectivity index (χ3v) is 5.04. The quantitative estimate of drug-likeness (QED) is 0.334. The molecule has 0 saturated carbocycles. The molecule has 7 heteroatoms. The van der Waals surface area contributed by atoms with Crippen LogP contribution >= 0.6 is 23.4 Å². The van der Waals surface area contributed by atoms with Gasteiger partial charge in [0.05, 0.1) is 5.52 Å². The van der Waals surface area contributed by atoms with Gasteiger partial charge < -0.3 is 4.42 Å². The number of aryl methyl sites for hydroxylation is 1. The Bertz CT molecular complexity index is 1080. The van der Waals surface area contributed by atoms with Crippen LogP contribution < -0.4 is 0 Å². The standard InChI is InChI=1S/C19H13ClFN3OS/c1-11-2-3-13-9-14(17(20)22-16(13)8-11)10-26-19-24-23-18(25-19)12-4-6-15(21)7-5-12/h2-9H,10H2,1H3. The zero-order valence-corrected chi connectivity index (χ0v) is 15.3. The number of thioether (sulfide) groups is 1. The van der Waals surface area contributed by atoms with Gasteiger partial charge in [0.15, 0.2) is 0 Å². The Kier molecular flexibility index (Phi) is 4.61. The van der Waals surface area contributed by atoms with Crippen LogP contribution in [0.1, 0.15) is 11.1 Å². The van der Waals surface area contributed by atoms with Crippen molar-refractivity contribution in [2.24, 2.45) is 0 Å². The molecule has 0 aliphatic rings. The summed E-state index contributed by atoms with van der Waals surface area (Å²) >= 11 is 7.69. The number of fused-ring (bicyclic) bond motifs is 1. The first kappa shape index (κ1) is 17.0. The Hall–Kier alpha value is -2.44. The van der Waals surface area contributed by atoms with E-state index in [-0.39, 0.29) is 5.82 Å². The fraction of sp³-hybridized carbons (Fsp3) is 0.105. The molecule has 2 aromatic heterocycles. The van der Waals surface area contributed by atoms with Crippen molar-refractivity contribution in [2.75, 3.05) is 0 Å². The second-order valence-corrected chi connectivity index (χ2v) is 7.09. The highest BCUT2D eigenvalue weighted by molar-refractivity contribution is 7.98. The van der Waals surface area contributed by atoms with Gasteiger partial charge in [0.25, 0.3) is 5.22 Å². The van der Waals surface area contributed by atoms with Gasteiger partial charge in [-0.15, -0.1) is 10.2 Å². The van der Waals surface area contributed by atoms with Crippen molar-refractivity contribution in [2.45, 2.75) is 17.9 Å². The minimum atomic E-state index is -0.309. The Morgan fingerprint density at radius 3 is 2.69 bits per heavy atom. The average Bonchev–Trinajstić information content (AvgIpc) is 3.09. The van der Waals surface area contributed by atoms with E-state index in [0.717, 1.165) is 22.0 Å². The molecule has 2 aromatic carbocycles. The van der Waals surface area contributed by atoms with Crippen LogP contribution in [0.15, 0.2) is 58.2 Å². The molecule has 4 nitrogen and oxygen atoms in total. The molecule has 0 radical (unpaired) electrons. The molecule has 0 aliphatic carbocycles. The number of hydrogen-bond donors (Lipinski definition) is 0. The molecule has 0 spiro atoms. The number of nitrogens with zero attached hydrogens (tertiary/aromatic N) is 3. The van der Waals surface area contributed by atoms with E-state index in [1.807, 2.05) is 31.2 Å². The molecule has 0 N–H and O–H groups in total. The Labute approximate surface area is 158 Å². The van der Waals surface area contributed by atoms with Gasteiger partial charge in [0, 0.05) is 22.3 Å². The molecule has 0 amide bonds. The predicted molar refractivity (Wildman–Crippen MR) is 101 cm³/mol. The highest BCUT2D eigenvalue weighted by atomic mass is 35.5. The lowest BCUT2D eigenvalue weighted by molar-refractivity contribution is 0.465. The van der Waals surface area contributed by atoms with Gasteiger partial charge in [0.1, 0.15) is 11.0 Å². The topological polar surface area (TPSA) is 51.8 Å². The van der Waals surface area contributed by atoms with Crippen molar-refractivity contribution in [3.05, 3.63) is 70.6 Å². The largest absolute Gasteiger partial charge is 0.411 e. The van der Waals surface area contributed by atoms with E-state index < -0.39 is 0 Å². The van der Waals surface area contributed by atoms with Gasteiger partial charge in [-0.05, 0) is 48.9 Å². The monoisotopic (exact) mass is 385 g/mol. The molecule has 0 fully saturated rings. The second-order valence-electron chi connectivity index (χ2n) is 5.80. The van der Waals surface area contributed by atoms with Crippen molar-refractivity contribution in [3.63, 3.8) is 0 Å². The van der Waals surface area contributed by atoms with E-state index >= 15 is 0 Å². The van der Waals surface area contributed by atoms with Gasteiger partial charge in [-0.25, -0.2) is 9.37 Å². The molecule has 0 atom stereocenters. The molecule has 0 unspecified atom stereocenters. The Balaban J connectivity index is 1.52. The molecule has 0 saturated heterocycles. The predicted octanol–water partition coefficient (Wildman–Crippen LogP) is 5.68. The lowest BCUT2D eigenvalue weighted by Crippen LogP contribution is -1.89. The van der Waals surface area contributed by atoms with Crippen LogP contribution in [0.5, 0.6) is 0 Å². The first-order chi connectivity index (χ1) is 12.6. The van der Waals surface area contributed by atoms with E-state index in [4.69, 9.17) is 16.0 Å². The third kappa shape index (κ3) is 3.57. The summed E-state index contributed by atoms with van der Waals surface area (Å²) in [5.74, 6) is 0.600. The molecule has 4 aromatic rings. The van der Waals surface area contributed by atoms with Crippen LogP contribution in [0.3, 0.4) is 0 Å². The van der Waals surface area contributed by atoms with Crippen LogP contribution in [-0.2, 0) is 5.75 Å². The first-order valence-electron chi connectivity index (χ1n) is 7.86. The van der Waals surface area contributed by atoms with Gasteiger partial charge >= 0.3 is 0 Å². The van der Waals surface area contributed by atoms with Gasteiger partial charge in [-0.3, -0.25) is 0 Å². The minimum Gasteiger partial charge on any atom is -0.411 e. The fourth-order valence-electron chi connectivity index (χ4n) is 2.52. The summed E-state index contributed by atoms with van der Waals surface area (Å²) in [6.07, 6.45) is 0. The second kappa shape index (κ2) is 7.05. The summed E-state index contributed by atoms with van der Waals surface area (Å²) in [5, 5.41) is 9.95. The van der Waals surface area contributed by atoms with Crippen LogP contribution in [0.2, 0.25) is 5.15 Å². The lowest BCUT2D eigenvalue weighted by Gasteiger charge is -2.05. The van der Waals surface area contributed by atoms with E-state index in [9.17, 15) is 4.39 Å². The van der Waals surface area contributed by atoms with Crippen LogP contribution in [0.25, 0.3) is 22.4 Å². The molecule has 26 heavy (non-hydrogen) atoms. The SMILES string of the molecule is Cc1ccc2cc(CSc3nnc(-c4ccc(F)cc4)o3)c(Cl)nc2c1. The molecular weight excluding hydrogens is 373 g/mol. The van der Waals surface area contributed by atoms with Crippen LogP contribution in [0, 0.1) is 12.7 Å². The van der Waals surface area contributed by atoms with Crippen molar-refractivity contribution in [1.29, 1.82) is 0 Å². The number of pyridine rings is 1. The van der Waals surface area contributed by atoms with E-state index in [0.29, 0.717) is 27.6 Å². The van der Waals surface area contributed by atoms with E-state index in [1.54, 1.807) is 12.1 Å². The number of aromatic nitrogens is 3. The molecule has 4 rings (SSSR count). The Morgan fingerprint density at radius 2 is 1.88 bits per heavy atom. The molecule has 0 aliphatic heterocycles. The maximum absolute atomic E-state index is 13.0. The molecule has 0 bridgehead atoms. The zero-order valence-electron chi connectivity index (χ0n) is 13.7. The number of halogens is 2. The zero-order chi connectivity index (χ0) is 18.1. The summed E-state index contributed by atoms with van der Waals surface area (Å²) in [5.41, 5.74) is 3.59. The maximum Gasteiger partial charge on any atom is 0.277 e. The summed E-state index contributed by atoms with van der Waals surface area (Å²) in [7, 11) is 0.